The van der Waals surface area contributed by atoms with Crippen LogP contribution in [-0.4, -0.2) is 66.5 Å². The first-order chi connectivity index (χ1) is 11.3. The van der Waals surface area contributed by atoms with Crippen LogP contribution in [0.4, 0.5) is 5.13 Å². The Morgan fingerprint density at radius 1 is 1.22 bits per heavy atom. The molecule has 1 aromatic heterocycles. The van der Waals surface area contributed by atoms with Gasteiger partial charge in [0.2, 0.25) is 5.13 Å². The lowest BCUT2D eigenvalue weighted by molar-refractivity contribution is -0.164. The Labute approximate surface area is 142 Å². The van der Waals surface area contributed by atoms with Gasteiger partial charge in [0.25, 0.3) is 0 Å². The minimum atomic E-state index is 0.0288. The summed E-state index contributed by atoms with van der Waals surface area (Å²) < 4.78 is 15.9. The average molecular weight is 340 g/mol. The number of anilines is 1. The number of hydrogen-bond donors (Lipinski definition) is 0. The third-order valence-electron chi connectivity index (χ3n) is 4.48. The lowest BCUT2D eigenvalue weighted by Crippen LogP contribution is -2.34. The van der Waals surface area contributed by atoms with E-state index in [0.29, 0.717) is 0 Å². The number of aryl methyl sites for hydroxylation is 1. The lowest BCUT2D eigenvalue weighted by Gasteiger charge is -2.25. The molecular weight excluding hydrogens is 312 g/mol. The molecule has 2 aliphatic heterocycles. The second-order valence-electron chi connectivity index (χ2n) is 6.20. The maximum atomic E-state index is 5.86. The van der Waals surface area contributed by atoms with Crippen LogP contribution in [0.3, 0.4) is 0 Å². The van der Waals surface area contributed by atoms with Crippen molar-refractivity contribution >= 4 is 16.7 Å². The van der Waals surface area contributed by atoms with Crippen LogP contribution in [0.1, 0.15) is 38.4 Å². The highest BCUT2D eigenvalue weighted by Crippen LogP contribution is 2.19. The van der Waals surface area contributed by atoms with Crippen LogP contribution >= 0.6 is 11.5 Å². The summed E-state index contributed by atoms with van der Waals surface area (Å²) in [5, 5.41) is 1.08. The highest BCUT2D eigenvalue weighted by molar-refractivity contribution is 7.09. The van der Waals surface area contributed by atoms with Gasteiger partial charge in [-0.2, -0.15) is 4.37 Å². The molecule has 1 unspecified atom stereocenters. The fourth-order valence-electron chi connectivity index (χ4n) is 3.06. The second kappa shape index (κ2) is 8.92. The SMILES string of the molecule is CCc1nsc(N2CCCN(CCOC3CCCCO3)CC2)n1. The first-order valence-corrected chi connectivity index (χ1v) is 9.65. The summed E-state index contributed by atoms with van der Waals surface area (Å²) in [5.74, 6) is 0.965. The van der Waals surface area contributed by atoms with Crippen molar-refractivity contribution in [3.63, 3.8) is 0 Å². The van der Waals surface area contributed by atoms with E-state index in [0.717, 1.165) is 69.7 Å². The highest BCUT2D eigenvalue weighted by atomic mass is 32.1. The Morgan fingerprint density at radius 2 is 2.17 bits per heavy atom. The lowest BCUT2D eigenvalue weighted by atomic mass is 10.2. The van der Waals surface area contributed by atoms with E-state index in [4.69, 9.17) is 9.47 Å². The maximum absolute atomic E-state index is 5.86. The number of ether oxygens (including phenoxy) is 2. The van der Waals surface area contributed by atoms with Crippen LogP contribution in [0, 0.1) is 0 Å². The van der Waals surface area contributed by atoms with Crippen molar-refractivity contribution in [3.05, 3.63) is 5.82 Å². The van der Waals surface area contributed by atoms with Gasteiger partial charge in [-0.15, -0.1) is 0 Å². The van der Waals surface area contributed by atoms with Gasteiger partial charge in [0.05, 0.1) is 6.61 Å². The van der Waals surface area contributed by atoms with E-state index in [1.807, 2.05) is 0 Å². The van der Waals surface area contributed by atoms with Crippen molar-refractivity contribution in [2.24, 2.45) is 0 Å². The van der Waals surface area contributed by atoms with E-state index in [1.54, 1.807) is 0 Å². The van der Waals surface area contributed by atoms with Crippen LogP contribution in [0.25, 0.3) is 0 Å². The summed E-state index contributed by atoms with van der Waals surface area (Å²) in [5.41, 5.74) is 0. The largest absolute Gasteiger partial charge is 0.353 e. The van der Waals surface area contributed by atoms with Gasteiger partial charge in [-0.1, -0.05) is 6.92 Å². The van der Waals surface area contributed by atoms with Crippen molar-refractivity contribution in [1.29, 1.82) is 0 Å². The Kier molecular flexibility index (Phi) is 6.62. The van der Waals surface area contributed by atoms with Crippen molar-refractivity contribution in [3.8, 4) is 0 Å². The molecule has 130 valence electrons. The number of rotatable bonds is 6. The highest BCUT2D eigenvalue weighted by Gasteiger charge is 2.19. The predicted molar refractivity (Wildman–Crippen MR) is 92.1 cm³/mol. The smallest absolute Gasteiger partial charge is 0.205 e. The Balaban J connectivity index is 1.39. The molecule has 3 rings (SSSR count). The summed E-state index contributed by atoms with van der Waals surface area (Å²) >= 11 is 1.53. The van der Waals surface area contributed by atoms with E-state index < -0.39 is 0 Å². The van der Waals surface area contributed by atoms with Crippen LogP contribution in [0.15, 0.2) is 0 Å². The molecule has 0 spiro atoms. The molecule has 0 radical (unpaired) electrons. The first-order valence-electron chi connectivity index (χ1n) is 8.88. The minimum absolute atomic E-state index is 0.0288. The molecule has 0 N–H and O–H groups in total. The van der Waals surface area contributed by atoms with Gasteiger partial charge in [0, 0.05) is 50.7 Å². The zero-order valence-corrected chi connectivity index (χ0v) is 14.9. The van der Waals surface area contributed by atoms with Crippen LogP contribution in [0.5, 0.6) is 0 Å². The van der Waals surface area contributed by atoms with Crippen LogP contribution in [0.2, 0.25) is 0 Å². The molecule has 2 aliphatic rings. The van der Waals surface area contributed by atoms with Crippen LogP contribution in [-0.2, 0) is 15.9 Å². The molecule has 3 heterocycles. The van der Waals surface area contributed by atoms with Crippen molar-refractivity contribution < 1.29 is 9.47 Å². The third kappa shape index (κ3) is 5.11. The molecular formula is C16H28N4O2S. The predicted octanol–water partition coefficient (Wildman–Crippen LogP) is 2.16. The summed E-state index contributed by atoms with van der Waals surface area (Å²) in [6.07, 6.45) is 5.56. The molecule has 0 amide bonds. The molecule has 0 bridgehead atoms. The van der Waals surface area contributed by atoms with Crippen LogP contribution < -0.4 is 4.90 Å². The summed E-state index contributed by atoms with van der Waals surface area (Å²) in [6, 6.07) is 0. The molecule has 1 aromatic rings. The van der Waals surface area contributed by atoms with Gasteiger partial charge < -0.3 is 14.4 Å². The molecule has 2 saturated heterocycles. The van der Waals surface area contributed by atoms with E-state index in [-0.39, 0.29) is 6.29 Å². The molecule has 2 fully saturated rings. The van der Waals surface area contributed by atoms with Crippen molar-refractivity contribution in [1.82, 2.24) is 14.3 Å². The number of aromatic nitrogens is 2. The Morgan fingerprint density at radius 3 is 2.96 bits per heavy atom. The van der Waals surface area contributed by atoms with E-state index in [2.05, 4.69) is 26.1 Å². The minimum Gasteiger partial charge on any atom is -0.353 e. The number of hydrogen-bond acceptors (Lipinski definition) is 7. The summed E-state index contributed by atoms with van der Waals surface area (Å²) in [4.78, 5) is 9.48. The summed E-state index contributed by atoms with van der Waals surface area (Å²) in [6.45, 7) is 9.00. The van der Waals surface area contributed by atoms with Crippen molar-refractivity contribution in [2.45, 2.75) is 45.3 Å². The van der Waals surface area contributed by atoms with Gasteiger partial charge in [0.1, 0.15) is 5.82 Å². The monoisotopic (exact) mass is 340 g/mol. The quantitative estimate of drug-likeness (QED) is 0.791. The fourth-order valence-corrected chi connectivity index (χ4v) is 3.86. The molecule has 23 heavy (non-hydrogen) atoms. The zero-order valence-electron chi connectivity index (χ0n) is 14.1. The van der Waals surface area contributed by atoms with Gasteiger partial charge in [-0.25, -0.2) is 4.98 Å². The molecule has 0 aromatic carbocycles. The second-order valence-corrected chi connectivity index (χ2v) is 6.93. The Bertz CT molecular complexity index is 465. The van der Waals surface area contributed by atoms with Crippen molar-refractivity contribution in [2.75, 3.05) is 50.8 Å². The maximum Gasteiger partial charge on any atom is 0.205 e. The van der Waals surface area contributed by atoms with Gasteiger partial charge in [0.15, 0.2) is 6.29 Å². The van der Waals surface area contributed by atoms with E-state index in [1.165, 1.54) is 30.8 Å². The molecule has 1 atom stereocenters. The number of nitrogens with zero attached hydrogens (tertiary/aromatic N) is 4. The third-order valence-corrected chi connectivity index (χ3v) is 5.30. The first kappa shape index (κ1) is 17.1. The fraction of sp³-hybridized carbons (Fsp3) is 0.875. The standard InChI is InChI=1S/C16H28N4O2S/c1-2-14-17-16(23-18-14)20-8-5-7-19(9-10-20)11-13-22-15-6-3-4-12-21-15/h15H,2-13H2,1H3. The van der Waals surface area contributed by atoms with E-state index >= 15 is 0 Å². The molecule has 0 aliphatic carbocycles. The zero-order chi connectivity index (χ0) is 15.9. The molecule has 0 saturated carbocycles. The van der Waals surface area contributed by atoms with Gasteiger partial charge in [-0.3, -0.25) is 4.90 Å². The molecule has 7 heteroatoms. The molecule has 6 nitrogen and oxygen atoms in total. The summed E-state index contributed by atoms with van der Waals surface area (Å²) in [7, 11) is 0. The average Bonchev–Trinajstić information content (AvgIpc) is 2.95. The van der Waals surface area contributed by atoms with Gasteiger partial charge >= 0.3 is 0 Å². The van der Waals surface area contributed by atoms with Gasteiger partial charge in [-0.05, 0) is 32.2 Å². The topological polar surface area (TPSA) is 50.7 Å². The Hall–Kier alpha value is -0.760. The normalized spacial score (nSPS) is 23.9. The van der Waals surface area contributed by atoms with E-state index in [9.17, 15) is 0 Å².